The third kappa shape index (κ3) is 5.03. The van der Waals surface area contributed by atoms with Crippen LogP contribution in [0.4, 0.5) is 5.69 Å². The molecule has 0 unspecified atom stereocenters. The second-order valence-corrected chi connectivity index (χ2v) is 8.26. The predicted octanol–water partition coefficient (Wildman–Crippen LogP) is 2.59. The van der Waals surface area contributed by atoms with Crippen molar-refractivity contribution in [2.24, 2.45) is 0 Å². The maximum absolute atomic E-state index is 12.9. The number of benzene rings is 2. The van der Waals surface area contributed by atoms with Crippen LogP contribution in [-0.4, -0.2) is 45.3 Å². The van der Waals surface area contributed by atoms with Gasteiger partial charge in [-0.1, -0.05) is 30.3 Å². The molecule has 1 heterocycles. The summed E-state index contributed by atoms with van der Waals surface area (Å²) in [6.45, 7) is 1.65. The summed E-state index contributed by atoms with van der Waals surface area (Å²) in [7, 11) is -3.37. The number of hydrogen-bond donors (Lipinski definition) is 0. The molecule has 0 radical (unpaired) electrons. The molecule has 0 fully saturated rings. The molecule has 1 atom stereocenters. The molecule has 0 bridgehead atoms. The minimum atomic E-state index is -3.37. The van der Waals surface area contributed by atoms with Crippen LogP contribution in [0.5, 0.6) is 5.75 Å². The van der Waals surface area contributed by atoms with Crippen molar-refractivity contribution in [3.8, 4) is 5.75 Å². The monoisotopic (exact) mass is 415 g/mol. The summed E-state index contributed by atoms with van der Waals surface area (Å²) in [5, 5.41) is 1.10. The van der Waals surface area contributed by atoms with Gasteiger partial charge in [-0.05, 0) is 37.3 Å². The van der Waals surface area contributed by atoms with Gasteiger partial charge in [0.1, 0.15) is 11.3 Å². The molecule has 152 valence electrons. The Morgan fingerprint density at radius 1 is 1.07 bits per heavy atom. The molecule has 0 saturated carbocycles. The van der Waals surface area contributed by atoms with Crippen molar-refractivity contribution in [2.75, 3.05) is 23.9 Å². The van der Waals surface area contributed by atoms with Crippen LogP contribution in [0.2, 0.25) is 0 Å². The molecule has 0 spiro atoms. The van der Waals surface area contributed by atoms with Gasteiger partial charge < -0.3 is 14.4 Å². The second-order valence-electron chi connectivity index (χ2n) is 6.33. The highest BCUT2D eigenvalue weighted by Crippen LogP contribution is 2.23. The Hall–Kier alpha value is -3.13. The van der Waals surface area contributed by atoms with Gasteiger partial charge in [-0.2, -0.15) is 0 Å². The van der Waals surface area contributed by atoms with E-state index in [4.69, 9.17) is 9.47 Å². The van der Waals surface area contributed by atoms with E-state index in [0.717, 1.165) is 5.41 Å². The molecule has 8 heteroatoms. The largest absolute Gasteiger partial charge is 0.493 e. The standard InChI is InChI=1S/C21H21NO6S/c1-2-27-19-11-7-6-10-18(19)21(24)28-14-20(23)22(16-8-4-3-5-9-16)17-12-13-29(25,26)15-17/h3-13,17H,2,14-15H2,1H3/t17-/m0/s1. The second kappa shape index (κ2) is 8.91. The van der Waals surface area contributed by atoms with Crippen LogP contribution in [0.25, 0.3) is 0 Å². The Morgan fingerprint density at radius 3 is 2.41 bits per heavy atom. The Morgan fingerprint density at radius 2 is 1.76 bits per heavy atom. The lowest BCUT2D eigenvalue weighted by atomic mass is 10.2. The summed E-state index contributed by atoms with van der Waals surface area (Å²) in [4.78, 5) is 26.7. The average Bonchev–Trinajstić information content (AvgIpc) is 3.07. The topological polar surface area (TPSA) is 90.0 Å². The molecule has 0 N–H and O–H groups in total. The number of esters is 1. The molecule has 0 aromatic heterocycles. The lowest BCUT2D eigenvalue weighted by Gasteiger charge is -2.27. The van der Waals surface area contributed by atoms with Crippen LogP contribution in [0, 0.1) is 0 Å². The lowest BCUT2D eigenvalue weighted by Crippen LogP contribution is -2.43. The van der Waals surface area contributed by atoms with Gasteiger partial charge in [0.2, 0.25) is 0 Å². The van der Waals surface area contributed by atoms with E-state index in [0.29, 0.717) is 18.0 Å². The van der Waals surface area contributed by atoms with E-state index in [1.165, 1.54) is 11.0 Å². The number of nitrogens with zero attached hydrogens (tertiary/aromatic N) is 1. The van der Waals surface area contributed by atoms with Gasteiger partial charge in [-0.15, -0.1) is 0 Å². The summed E-state index contributed by atoms with van der Waals surface area (Å²) in [6, 6.07) is 14.6. The zero-order valence-electron chi connectivity index (χ0n) is 15.9. The van der Waals surface area contributed by atoms with Gasteiger partial charge in [0.05, 0.1) is 18.4 Å². The molecule has 29 heavy (non-hydrogen) atoms. The third-order valence-electron chi connectivity index (χ3n) is 4.28. The third-order valence-corrected chi connectivity index (χ3v) is 5.66. The molecule has 1 amide bonds. The van der Waals surface area contributed by atoms with E-state index in [1.807, 2.05) is 0 Å². The molecule has 7 nitrogen and oxygen atoms in total. The average molecular weight is 415 g/mol. The number of hydrogen-bond acceptors (Lipinski definition) is 6. The van der Waals surface area contributed by atoms with E-state index in [2.05, 4.69) is 0 Å². The Labute approximate surface area is 169 Å². The molecule has 2 aromatic rings. The van der Waals surface area contributed by atoms with Crippen molar-refractivity contribution in [1.29, 1.82) is 0 Å². The van der Waals surface area contributed by atoms with Crippen molar-refractivity contribution < 1.29 is 27.5 Å². The van der Waals surface area contributed by atoms with Gasteiger partial charge in [-0.3, -0.25) is 4.79 Å². The van der Waals surface area contributed by atoms with Crippen LogP contribution in [0.1, 0.15) is 17.3 Å². The fraction of sp³-hybridized carbons (Fsp3) is 0.238. The maximum atomic E-state index is 12.9. The number of amides is 1. The van der Waals surface area contributed by atoms with E-state index < -0.39 is 34.4 Å². The van der Waals surface area contributed by atoms with E-state index >= 15 is 0 Å². The normalized spacial score (nSPS) is 16.9. The van der Waals surface area contributed by atoms with Crippen molar-refractivity contribution in [1.82, 2.24) is 0 Å². The number of rotatable bonds is 7. The first-order valence-corrected chi connectivity index (χ1v) is 10.8. The molecule has 0 saturated heterocycles. The van der Waals surface area contributed by atoms with E-state index in [-0.39, 0.29) is 11.3 Å². The Balaban J connectivity index is 1.76. The summed E-state index contributed by atoms with van der Waals surface area (Å²) in [5.74, 6) is -1.05. The number of ether oxygens (including phenoxy) is 2. The molecule has 0 aliphatic carbocycles. The van der Waals surface area contributed by atoms with Crippen LogP contribution < -0.4 is 9.64 Å². The quantitative estimate of drug-likeness (QED) is 0.646. The summed E-state index contributed by atoms with van der Waals surface area (Å²) in [5.41, 5.74) is 0.742. The highest BCUT2D eigenvalue weighted by molar-refractivity contribution is 7.94. The molecule has 1 aliphatic rings. The maximum Gasteiger partial charge on any atom is 0.342 e. The first-order chi connectivity index (χ1) is 13.9. The first kappa shape index (κ1) is 20.6. The highest BCUT2D eigenvalue weighted by Gasteiger charge is 2.32. The zero-order chi connectivity index (χ0) is 20.9. The van der Waals surface area contributed by atoms with Gasteiger partial charge in [0.15, 0.2) is 16.4 Å². The van der Waals surface area contributed by atoms with Gasteiger partial charge in [0.25, 0.3) is 5.91 Å². The smallest absolute Gasteiger partial charge is 0.342 e. The molecule has 2 aromatic carbocycles. The van der Waals surface area contributed by atoms with Crippen molar-refractivity contribution in [2.45, 2.75) is 13.0 Å². The number of carbonyl (C=O) groups excluding carboxylic acids is 2. The first-order valence-electron chi connectivity index (χ1n) is 9.08. The van der Waals surface area contributed by atoms with Gasteiger partial charge in [-0.25, -0.2) is 13.2 Å². The minimum Gasteiger partial charge on any atom is -0.493 e. The number of sulfone groups is 1. The molecule has 1 aliphatic heterocycles. The molecular formula is C21H21NO6S. The van der Waals surface area contributed by atoms with E-state index in [1.54, 1.807) is 61.5 Å². The number of anilines is 1. The van der Waals surface area contributed by atoms with Crippen molar-refractivity contribution >= 4 is 27.4 Å². The van der Waals surface area contributed by atoms with Crippen LogP contribution in [-0.2, 0) is 19.4 Å². The lowest BCUT2D eigenvalue weighted by molar-refractivity contribution is -0.121. The summed E-state index contributed by atoms with van der Waals surface area (Å²) >= 11 is 0. The van der Waals surface area contributed by atoms with E-state index in [9.17, 15) is 18.0 Å². The van der Waals surface area contributed by atoms with Crippen LogP contribution in [0.3, 0.4) is 0 Å². The van der Waals surface area contributed by atoms with Crippen LogP contribution >= 0.6 is 0 Å². The van der Waals surface area contributed by atoms with Gasteiger partial charge in [0, 0.05) is 11.1 Å². The summed E-state index contributed by atoms with van der Waals surface area (Å²) < 4.78 is 34.3. The molecule has 3 rings (SSSR count). The van der Waals surface area contributed by atoms with Crippen LogP contribution in [0.15, 0.2) is 66.1 Å². The highest BCUT2D eigenvalue weighted by atomic mass is 32.2. The van der Waals surface area contributed by atoms with Crippen molar-refractivity contribution in [3.05, 3.63) is 71.6 Å². The SMILES string of the molecule is CCOc1ccccc1C(=O)OCC(=O)N(c1ccccc1)[C@H]1C=CS(=O)(=O)C1. The fourth-order valence-electron chi connectivity index (χ4n) is 3.02. The zero-order valence-corrected chi connectivity index (χ0v) is 16.7. The summed E-state index contributed by atoms with van der Waals surface area (Å²) in [6.07, 6.45) is 1.46. The Bertz CT molecular complexity index is 1020. The van der Waals surface area contributed by atoms with Crippen molar-refractivity contribution in [3.63, 3.8) is 0 Å². The molecular weight excluding hydrogens is 394 g/mol. The van der Waals surface area contributed by atoms with Gasteiger partial charge >= 0.3 is 5.97 Å². The Kier molecular flexibility index (Phi) is 6.33. The number of para-hydroxylation sites is 2. The fourth-order valence-corrected chi connectivity index (χ4v) is 4.29. The number of carbonyl (C=O) groups is 2. The minimum absolute atomic E-state index is 0.214. The predicted molar refractivity (Wildman–Crippen MR) is 109 cm³/mol.